The molecule has 202 valence electrons. The largest absolute Gasteiger partial charge is 0.354 e. The first-order valence-electron chi connectivity index (χ1n) is 12.2. The second kappa shape index (κ2) is 12.9. The fourth-order valence-corrected chi connectivity index (χ4v) is 5.51. The van der Waals surface area contributed by atoms with E-state index in [-0.39, 0.29) is 23.0 Å². The highest BCUT2D eigenvalue weighted by Crippen LogP contribution is 2.30. The number of aryl methyl sites for hydroxylation is 1. The number of amides is 2. The Kier molecular flexibility index (Phi) is 9.88. The summed E-state index contributed by atoms with van der Waals surface area (Å²) in [6.45, 7) is 5.04. The van der Waals surface area contributed by atoms with Crippen LogP contribution < -0.4 is 9.62 Å². The highest BCUT2D eigenvalue weighted by molar-refractivity contribution is 7.92. The van der Waals surface area contributed by atoms with Crippen molar-refractivity contribution in [1.82, 2.24) is 10.2 Å². The zero-order valence-corrected chi connectivity index (χ0v) is 23.1. The summed E-state index contributed by atoms with van der Waals surface area (Å²) in [5.41, 5.74) is 1.44. The minimum atomic E-state index is -4.18. The van der Waals surface area contributed by atoms with Gasteiger partial charge >= 0.3 is 0 Å². The van der Waals surface area contributed by atoms with Crippen molar-refractivity contribution in [2.75, 3.05) is 17.4 Å². The Morgan fingerprint density at radius 3 is 2.32 bits per heavy atom. The molecule has 0 unspecified atom stereocenters. The molecule has 2 amide bonds. The van der Waals surface area contributed by atoms with Gasteiger partial charge in [-0.3, -0.25) is 13.9 Å². The molecule has 3 aromatic carbocycles. The Morgan fingerprint density at radius 2 is 1.68 bits per heavy atom. The first-order chi connectivity index (χ1) is 18.0. The average Bonchev–Trinajstić information content (AvgIpc) is 2.91. The Bertz CT molecular complexity index is 1370. The van der Waals surface area contributed by atoms with E-state index in [9.17, 15) is 22.4 Å². The van der Waals surface area contributed by atoms with E-state index in [4.69, 9.17) is 11.6 Å². The Labute approximate surface area is 228 Å². The highest BCUT2D eigenvalue weighted by Gasteiger charge is 2.33. The van der Waals surface area contributed by atoms with Crippen LogP contribution in [0.3, 0.4) is 0 Å². The number of sulfonamides is 1. The molecular weight excluding hydrogens is 529 g/mol. The number of carbonyl (C=O) groups is 2. The third-order valence-electron chi connectivity index (χ3n) is 6.03. The maximum Gasteiger partial charge on any atom is 0.264 e. The van der Waals surface area contributed by atoms with Gasteiger partial charge in [-0.25, -0.2) is 12.8 Å². The summed E-state index contributed by atoms with van der Waals surface area (Å²) in [7, 11) is -4.18. The smallest absolute Gasteiger partial charge is 0.264 e. The van der Waals surface area contributed by atoms with Crippen LogP contribution in [0.1, 0.15) is 31.4 Å². The van der Waals surface area contributed by atoms with Crippen molar-refractivity contribution in [3.05, 3.63) is 94.8 Å². The van der Waals surface area contributed by atoms with Gasteiger partial charge in [0.25, 0.3) is 10.0 Å². The van der Waals surface area contributed by atoms with Crippen LogP contribution in [-0.2, 0) is 26.2 Å². The zero-order valence-electron chi connectivity index (χ0n) is 21.5. The fourth-order valence-electron chi connectivity index (χ4n) is 3.85. The molecule has 0 aliphatic heterocycles. The van der Waals surface area contributed by atoms with E-state index in [0.29, 0.717) is 29.1 Å². The van der Waals surface area contributed by atoms with E-state index < -0.39 is 34.3 Å². The van der Waals surface area contributed by atoms with Crippen molar-refractivity contribution < 1.29 is 22.4 Å². The fraction of sp³-hybridized carbons (Fsp3) is 0.286. The summed E-state index contributed by atoms with van der Waals surface area (Å²) in [5.74, 6) is -1.41. The summed E-state index contributed by atoms with van der Waals surface area (Å²) in [5, 5.41) is 3.09. The lowest BCUT2D eigenvalue weighted by Crippen LogP contribution is -2.51. The third-order valence-corrected chi connectivity index (χ3v) is 8.04. The second-order valence-corrected chi connectivity index (χ2v) is 11.2. The topological polar surface area (TPSA) is 86.8 Å². The van der Waals surface area contributed by atoms with Gasteiger partial charge in [0, 0.05) is 18.1 Å². The molecule has 0 bridgehead atoms. The van der Waals surface area contributed by atoms with Crippen LogP contribution in [-0.4, -0.2) is 44.3 Å². The van der Waals surface area contributed by atoms with Crippen molar-refractivity contribution in [3.63, 3.8) is 0 Å². The Hall–Kier alpha value is -3.43. The Balaban J connectivity index is 2.04. The van der Waals surface area contributed by atoms with Gasteiger partial charge in [0.15, 0.2) is 0 Å². The molecule has 0 aliphatic carbocycles. The SMILES string of the molecule is CCCNC(=O)[C@H](C)N(Cc1ccc(F)cc1)C(=O)CN(c1cc(Cl)ccc1C)S(=O)(=O)c1ccccc1. The van der Waals surface area contributed by atoms with Crippen molar-refractivity contribution in [2.24, 2.45) is 0 Å². The minimum Gasteiger partial charge on any atom is -0.354 e. The zero-order chi connectivity index (χ0) is 27.9. The first kappa shape index (κ1) is 29.1. The molecule has 0 saturated heterocycles. The maximum atomic E-state index is 13.8. The van der Waals surface area contributed by atoms with Crippen LogP contribution >= 0.6 is 11.6 Å². The Morgan fingerprint density at radius 1 is 1.03 bits per heavy atom. The van der Waals surface area contributed by atoms with Gasteiger partial charge in [-0.05, 0) is 67.8 Å². The maximum absolute atomic E-state index is 13.8. The average molecular weight is 560 g/mol. The van der Waals surface area contributed by atoms with E-state index in [1.54, 1.807) is 44.2 Å². The lowest BCUT2D eigenvalue weighted by atomic mass is 10.1. The van der Waals surface area contributed by atoms with Crippen molar-refractivity contribution in [2.45, 2.75) is 44.7 Å². The summed E-state index contributed by atoms with van der Waals surface area (Å²) in [6, 6.07) is 17.2. The van der Waals surface area contributed by atoms with Crippen molar-refractivity contribution in [3.8, 4) is 0 Å². The molecular formula is C28H31ClFN3O4S. The third kappa shape index (κ3) is 7.11. The number of nitrogens with zero attached hydrogens (tertiary/aromatic N) is 2. The summed E-state index contributed by atoms with van der Waals surface area (Å²) < 4.78 is 42.1. The summed E-state index contributed by atoms with van der Waals surface area (Å²) >= 11 is 6.22. The highest BCUT2D eigenvalue weighted by atomic mass is 35.5. The van der Waals surface area contributed by atoms with Gasteiger partial charge in [-0.2, -0.15) is 0 Å². The molecule has 0 saturated carbocycles. The standard InChI is InChI=1S/C28H31ClFN3O4S/c1-4-16-31-28(35)21(3)32(18-22-11-14-24(30)15-12-22)27(34)19-33(26-17-23(29)13-10-20(26)2)38(36,37)25-8-6-5-7-9-25/h5-15,17,21H,4,16,18-19H2,1-3H3,(H,31,35)/t21-/m0/s1. The number of nitrogens with one attached hydrogen (secondary N) is 1. The number of benzene rings is 3. The van der Waals surface area contributed by atoms with E-state index in [1.165, 1.54) is 47.4 Å². The molecule has 38 heavy (non-hydrogen) atoms. The molecule has 0 aliphatic rings. The molecule has 3 aromatic rings. The van der Waals surface area contributed by atoms with Crippen LogP contribution in [0.15, 0.2) is 77.7 Å². The van der Waals surface area contributed by atoms with E-state index in [0.717, 1.165) is 4.31 Å². The molecule has 0 aromatic heterocycles. The number of hydrogen-bond acceptors (Lipinski definition) is 4. The van der Waals surface area contributed by atoms with Gasteiger partial charge < -0.3 is 10.2 Å². The van der Waals surface area contributed by atoms with Crippen LogP contribution in [0, 0.1) is 12.7 Å². The minimum absolute atomic E-state index is 0.00555. The van der Waals surface area contributed by atoms with Crippen molar-refractivity contribution in [1.29, 1.82) is 0 Å². The predicted octanol–water partition coefficient (Wildman–Crippen LogP) is 4.93. The van der Waals surface area contributed by atoms with E-state index in [2.05, 4.69) is 5.32 Å². The lowest BCUT2D eigenvalue weighted by Gasteiger charge is -2.32. The molecule has 1 atom stereocenters. The molecule has 0 fully saturated rings. The number of anilines is 1. The quantitative estimate of drug-likeness (QED) is 0.361. The monoisotopic (exact) mass is 559 g/mol. The normalized spacial score (nSPS) is 12.0. The number of rotatable bonds is 11. The van der Waals surface area contributed by atoms with Crippen LogP contribution in [0.25, 0.3) is 0 Å². The number of halogens is 2. The van der Waals surface area contributed by atoms with Crippen LogP contribution in [0.2, 0.25) is 5.02 Å². The van der Waals surface area contributed by atoms with Gasteiger partial charge in [-0.1, -0.05) is 54.9 Å². The van der Waals surface area contributed by atoms with E-state index >= 15 is 0 Å². The molecule has 0 heterocycles. The van der Waals surface area contributed by atoms with Crippen LogP contribution in [0.4, 0.5) is 10.1 Å². The van der Waals surface area contributed by atoms with Crippen LogP contribution in [0.5, 0.6) is 0 Å². The van der Waals surface area contributed by atoms with Gasteiger partial charge in [0.1, 0.15) is 18.4 Å². The molecule has 0 spiro atoms. The molecule has 1 N–H and O–H groups in total. The van der Waals surface area contributed by atoms with Gasteiger partial charge in [0.2, 0.25) is 11.8 Å². The number of hydrogen-bond donors (Lipinski definition) is 1. The first-order valence-corrected chi connectivity index (χ1v) is 14.0. The molecule has 0 radical (unpaired) electrons. The summed E-state index contributed by atoms with van der Waals surface area (Å²) in [6.07, 6.45) is 0.710. The van der Waals surface area contributed by atoms with Gasteiger partial charge in [-0.15, -0.1) is 0 Å². The molecule has 7 nitrogen and oxygen atoms in total. The predicted molar refractivity (Wildman–Crippen MR) is 147 cm³/mol. The van der Waals surface area contributed by atoms with E-state index in [1.807, 2.05) is 6.92 Å². The molecule has 3 rings (SSSR count). The number of carbonyl (C=O) groups excluding carboxylic acids is 2. The lowest BCUT2D eigenvalue weighted by molar-refractivity contribution is -0.139. The van der Waals surface area contributed by atoms with Crippen molar-refractivity contribution >= 4 is 39.1 Å². The molecule has 10 heteroatoms. The second-order valence-electron chi connectivity index (χ2n) is 8.87. The summed E-state index contributed by atoms with van der Waals surface area (Å²) in [4.78, 5) is 28.0. The van der Waals surface area contributed by atoms with Gasteiger partial charge in [0.05, 0.1) is 10.6 Å².